The Kier molecular flexibility index (Phi) is 13.3. The molecule has 0 bridgehead atoms. The molecule has 0 saturated carbocycles. The van der Waals surface area contributed by atoms with Crippen LogP contribution < -0.4 is 10.9 Å². The highest BCUT2D eigenvalue weighted by Gasteiger charge is 2.31. The number of piperazine rings is 2. The van der Waals surface area contributed by atoms with E-state index < -0.39 is 11.7 Å². The Bertz CT molecular complexity index is 2560. The number of nitrogens with one attached hydrogen (secondary N) is 2. The molecule has 0 atom stereocenters. The Balaban J connectivity index is 0.773. The molecule has 14 nitrogen and oxygen atoms in total. The molecular weight excluding hydrogens is 802 g/mol. The molecule has 5 heterocycles. The molecular formula is C48H54FN9O5. The van der Waals surface area contributed by atoms with Crippen LogP contribution in [0.4, 0.5) is 4.39 Å². The number of hydrogen-bond donors (Lipinski definition) is 2. The normalized spacial score (nSPS) is 16.7. The number of aromatic amines is 1. The molecule has 3 aliphatic heterocycles. The number of amides is 4. The van der Waals surface area contributed by atoms with Crippen LogP contribution in [0.15, 0.2) is 83.8 Å². The molecule has 15 heteroatoms. The number of fused-ring (bicyclic) bond motifs is 1. The predicted molar refractivity (Wildman–Crippen MR) is 238 cm³/mol. The number of hydrogen-bond acceptors (Lipinski definition) is 9. The number of halogens is 1. The van der Waals surface area contributed by atoms with Gasteiger partial charge in [-0.2, -0.15) is 5.10 Å². The standard InChI is InChI=1S/C48H54FN9O5/c1-3-32-7-6-8-35(25-32)36-28-40(45(60)50-2)44(51-29-36)48(63)57-15-13-33(14-16-57)30-54-17-19-55(20-18-54)31-43(59)56-21-23-58(24-22-56)47(62)39-26-34(11-12-41(39)49)27-42-37-9-4-5-10-38(37)46(61)53-52-42/h4-12,25-26,28-29,33H,3,13-24,27,30-31H2,1-2H3,(H,50,60)(H,53,61). The molecule has 3 fully saturated rings. The summed E-state index contributed by atoms with van der Waals surface area (Å²) in [6.45, 7) is 9.14. The molecule has 0 aliphatic carbocycles. The van der Waals surface area contributed by atoms with E-state index in [9.17, 15) is 24.0 Å². The van der Waals surface area contributed by atoms with Crippen molar-refractivity contribution >= 4 is 34.4 Å². The van der Waals surface area contributed by atoms with Gasteiger partial charge in [0.05, 0.1) is 28.8 Å². The van der Waals surface area contributed by atoms with Crippen molar-refractivity contribution < 1.29 is 23.6 Å². The van der Waals surface area contributed by atoms with Crippen LogP contribution in [0.5, 0.6) is 0 Å². The monoisotopic (exact) mass is 855 g/mol. The molecule has 63 heavy (non-hydrogen) atoms. The van der Waals surface area contributed by atoms with Crippen molar-refractivity contribution in [1.82, 2.24) is 45.0 Å². The number of pyridine rings is 1. The van der Waals surface area contributed by atoms with Gasteiger partial charge in [-0.3, -0.25) is 28.9 Å². The van der Waals surface area contributed by atoms with Crippen LogP contribution in [0.25, 0.3) is 21.9 Å². The smallest absolute Gasteiger partial charge is 0.273 e. The van der Waals surface area contributed by atoms with E-state index in [2.05, 4.69) is 49.4 Å². The number of carbonyl (C=O) groups is 4. The number of H-pyrrole nitrogens is 1. The minimum Gasteiger partial charge on any atom is -0.355 e. The lowest BCUT2D eigenvalue weighted by molar-refractivity contribution is -0.134. The van der Waals surface area contributed by atoms with Gasteiger partial charge in [0.2, 0.25) is 5.91 Å². The Morgan fingerprint density at radius 2 is 1.43 bits per heavy atom. The summed E-state index contributed by atoms with van der Waals surface area (Å²) in [6, 6.07) is 21.5. The van der Waals surface area contributed by atoms with E-state index in [4.69, 9.17) is 0 Å². The molecule has 3 saturated heterocycles. The van der Waals surface area contributed by atoms with Gasteiger partial charge in [0.15, 0.2) is 0 Å². The molecule has 2 aromatic heterocycles. The maximum atomic E-state index is 15.0. The second-order valence-corrected chi connectivity index (χ2v) is 16.8. The molecule has 5 aromatic rings. The molecule has 0 unspecified atom stereocenters. The second-order valence-electron chi connectivity index (χ2n) is 16.8. The Labute approximate surface area is 366 Å². The zero-order valence-corrected chi connectivity index (χ0v) is 35.9. The van der Waals surface area contributed by atoms with Crippen molar-refractivity contribution in [1.29, 1.82) is 0 Å². The second kappa shape index (κ2) is 19.4. The van der Waals surface area contributed by atoms with E-state index in [0.717, 1.165) is 63.1 Å². The summed E-state index contributed by atoms with van der Waals surface area (Å²) in [7, 11) is 1.56. The average molecular weight is 856 g/mol. The molecule has 0 radical (unpaired) electrons. The van der Waals surface area contributed by atoms with Crippen LogP contribution >= 0.6 is 0 Å². The fourth-order valence-electron chi connectivity index (χ4n) is 9.00. The number of piperidine rings is 1. The maximum Gasteiger partial charge on any atom is 0.273 e. The quantitative estimate of drug-likeness (QED) is 0.200. The summed E-state index contributed by atoms with van der Waals surface area (Å²) >= 11 is 0. The van der Waals surface area contributed by atoms with Crippen LogP contribution in [-0.2, 0) is 17.6 Å². The van der Waals surface area contributed by atoms with Gasteiger partial charge in [-0.25, -0.2) is 14.5 Å². The minimum atomic E-state index is -0.609. The van der Waals surface area contributed by atoms with E-state index >= 15 is 4.39 Å². The van der Waals surface area contributed by atoms with Gasteiger partial charge in [0, 0.05) is 103 Å². The Morgan fingerprint density at radius 1 is 0.730 bits per heavy atom. The average Bonchev–Trinajstić information content (AvgIpc) is 3.33. The Morgan fingerprint density at radius 3 is 2.16 bits per heavy atom. The summed E-state index contributed by atoms with van der Waals surface area (Å²) in [5.41, 5.74) is 4.39. The summed E-state index contributed by atoms with van der Waals surface area (Å²) in [6.07, 6.45) is 4.61. The number of benzene rings is 3. The SMILES string of the molecule is CCc1cccc(-c2cnc(C(=O)N3CCC(CN4CCN(CC(=O)N5CCN(C(=O)c6cc(Cc7n[nH]c(=O)c8ccccc78)ccc6F)CC5)CC4)CC3)c(C(=O)NC)c2)c1. The third-order valence-electron chi connectivity index (χ3n) is 12.8. The first-order chi connectivity index (χ1) is 30.6. The van der Waals surface area contributed by atoms with E-state index in [1.807, 2.05) is 29.2 Å². The number of carbonyl (C=O) groups excluding carboxylic acids is 4. The van der Waals surface area contributed by atoms with Crippen LogP contribution in [0.2, 0.25) is 0 Å². The van der Waals surface area contributed by atoms with E-state index in [1.54, 1.807) is 53.4 Å². The van der Waals surface area contributed by atoms with Crippen molar-refractivity contribution in [2.45, 2.75) is 32.6 Å². The highest BCUT2D eigenvalue weighted by atomic mass is 19.1. The molecule has 3 aliphatic rings. The number of likely N-dealkylation sites (tertiary alicyclic amines) is 1. The third kappa shape index (κ3) is 9.84. The lowest BCUT2D eigenvalue weighted by atomic mass is 9.95. The highest BCUT2D eigenvalue weighted by molar-refractivity contribution is 6.06. The van der Waals surface area contributed by atoms with Crippen molar-refractivity contribution in [3.05, 3.63) is 129 Å². The zero-order valence-electron chi connectivity index (χ0n) is 35.9. The molecule has 4 amide bonds. The lowest BCUT2D eigenvalue weighted by Crippen LogP contribution is -2.55. The van der Waals surface area contributed by atoms with E-state index in [-0.39, 0.29) is 40.1 Å². The zero-order chi connectivity index (χ0) is 44.0. The van der Waals surface area contributed by atoms with Gasteiger partial charge in [0.25, 0.3) is 23.3 Å². The molecule has 8 rings (SSSR count). The maximum absolute atomic E-state index is 15.0. The number of aryl methyl sites for hydroxylation is 1. The first kappa shape index (κ1) is 43.3. The number of rotatable bonds is 11. The summed E-state index contributed by atoms with van der Waals surface area (Å²) in [5.74, 6) is -1.13. The van der Waals surface area contributed by atoms with Gasteiger partial charge >= 0.3 is 0 Å². The van der Waals surface area contributed by atoms with Crippen LogP contribution in [0, 0.1) is 11.7 Å². The van der Waals surface area contributed by atoms with Gasteiger partial charge in [-0.05, 0) is 66.1 Å². The highest BCUT2D eigenvalue weighted by Crippen LogP contribution is 2.26. The van der Waals surface area contributed by atoms with Crippen molar-refractivity contribution in [3.8, 4) is 11.1 Å². The van der Waals surface area contributed by atoms with Crippen molar-refractivity contribution in [2.75, 3.05) is 85.6 Å². The van der Waals surface area contributed by atoms with Crippen molar-refractivity contribution in [2.24, 2.45) is 5.92 Å². The number of nitrogens with zero attached hydrogens (tertiary/aromatic N) is 7. The van der Waals surface area contributed by atoms with Gasteiger partial charge in [0.1, 0.15) is 11.5 Å². The van der Waals surface area contributed by atoms with E-state index in [1.165, 1.54) is 11.6 Å². The summed E-state index contributed by atoms with van der Waals surface area (Å²) < 4.78 is 15.0. The van der Waals surface area contributed by atoms with Crippen molar-refractivity contribution in [3.63, 3.8) is 0 Å². The van der Waals surface area contributed by atoms with Gasteiger partial charge in [-0.15, -0.1) is 0 Å². The van der Waals surface area contributed by atoms with Gasteiger partial charge < -0.3 is 24.9 Å². The topological polar surface area (TPSA) is 155 Å². The summed E-state index contributed by atoms with van der Waals surface area (Å²) in [5, 5.41) is 10.6. The largest absolute Gasteiger partial charge is 0.355 e. The fourth-order valence-corrected chi connectivity index (χ4v) is 9.00. The first-order valence-corrected chi connectivity index (χ1v) is 22.0. The van der Waals surface area contributed by atoms with Crippen LogP contribution in [-0.4, -0.2) is 149 Å². The summed E-state index contributed by atoms with van der Waals surface area (Å²) in [4.78, 5) is 80.2. The fraction of sp³-hybridized carbons (Fsp3) is 0.396. The number of aromatic nitrogens is 3. The Hall–Kier alpha value is -6.32. The lowest BCUT2D eigenvalue weighted by Gasteiger charge is -2.40. The first-order valence-electron chi connectivity index (χ1n) is 22.0. The molecule has 0 spiro atoms. The molecule has 328 valence electrons. The molecule has 3 aromatic carbocycles. The van der Waals surface area contributed by atoms with Crippen LogP contribution in [0.3, 0.4) is 0 Å². The van der Waals surface area contributed by atoms with Gasteiger partial charge in [-0.1, -0.05) is 55.5 Å². The molecule has 2 N–H and O–H groups in total. The van der Waals surface area contributed by atoms with E-state index in [0.29, 0.717) is 80.2 Å². The predicted octanol–water partition coefficient (Wildman–Crippen LogP) is 4.09. The third-order valence-corrected chi connectivity index (χ3v) is 12.8. The minimum absolute atomic E-state index is 0.0239. The van der Waals surface area contributed by atoms with Crippen LogP contribution in [0.1, 0.15) is 67.8 Å².